The van der Waals surface area contributed by atoms with Gasteiger partial charge in [-0.15, -0.1) is 13.2 Å². The molecule has 0 radical (unpaired) electrons. The SMILES string of the molecule is C=CCCC(=O)OCC(COCc1ccccc1)NC(=O)C(CC=C)CC(=O)NC1(CO)CCCC1. The maximum absolute atomic E-state index is 13.1. The van der Waals surface area contributed by atoms with Gasteiger partial charge in [0, 0.05) is 12.8 Å². The van der Waals surface area contributed by atoms with E-state index in [1.54, 1.807) is 12.2 Å². The molecule has 0 saturated heterocycles. The molecule has 0 bridgehead atoms. The van der Waals surface area contributed by atoms with Gasteiger partial charge in [-0.1, -0.05) is 55.3 Å². The van der Waals surface area contributed by atoms with Crippen LogP contribution in [0.3, 0.4) is 0 Å². The van der Waals surface area contributed by atoms with Crippen LogP contribution in [-0.2, 0) is 30.5 Å². The van der Waals surface area contributed by atoms with Crippen LogP contribution in [0.4, 0.5) is 0 Å². The Kier molecular flexibility index (Phi) is 12.9. The molecule has 2 amide bonds. The molecule has 198 valence electrons. The van der Waals surface area contributed by atoms with Crippen LogP contribution in [0.25, 0.3) is 0 Å². The first kappa shape index (κ1) is 29.3. The summed E-state index contributed by atoms with van der Waals surface area (Å²) >= 11 is 0. The van der Waals surface area contributed by atoms with Gasteiger partial charge in [0.25, 0.3) is 0 Å². The highest BCUT2D eigenvalue weighted by molar-refractivity contribution is 5.86. The van der Waals surface area contributed by atoms with Crippen molar-refractivity contribution in [2.45, 2.75) is 69.6 Å². The molecule has 0 spiro atoms. The molecule has 0 heterocycles. The van der Waals surface area contributed by atoms with Crippen LogP contribution in [0.5, 0.6) is 0 Å². The molecule has 1 saturated carbocycles. The molecular formula is C28H40N2O6. The normalized spacial score (nSPS) is 15.9. The number of aliphatic hydroxyl groups excluding tert-OH is 1. The molecule has 36 heavy (non-hydrogen) atoms. The van der Waals surface area contributed by atoms with Gasteiger partial charge >= 0.3 is 5.97 Å². The number of rotatable bonds is 17. The summed E-state index contributed by atoms with van der Waals surface area (Å²) in [6.45, 7) is 7.64. The second kappa shape index (κ2) is 15.9. The molecule has 0 aliphatic heterocycles. The number of benzene rings is 1. The minimum atomic E-state index is -0.646. The highest BCUT2D eigenvalue weighted by Gasteiger charge is 2.35. The van der Waals surface area contributed by atoms with Gasteiger partial charge in [0.05, 0.1) is 37.3 Å². The van der Waals surface area contributed by atoms with E-state index >= 15 is 0 Å². The standard InChI is InChI=1S/C28H40N2O6/c1-3-5-14-26(33)36-20-24(19-35-18-22-12-7-6-8-13-22)29-27(34)23(11-4-2)17-25(32)30-28(21-31)15-9-10-16-28/h3-4,6-8,12-13,23-24,31H,1-2,5,9-11,14-21H2,(H,29,34)(H,30,32). The van der Waals surface area contributed by atoms with E-state index < -0.39 is 17.5 Å². The first-order valence-corrected chi connectivity index (χ1v) is 12.6. The summed E-state index contributed by atoms with van der Waals surface area (Å²) in [5.74, 6) is -1.65. The predicted molar refractivity (Wildman–Crippen MR) is 138 cm³/mol. The molecular weight excluding hydrogens is 460 g/mol. The van der Waals surface area contributed by atoms with Gasteiger partial charge in [-0.05, 0) is 31.2 Å². The average Bonchev–Trinajstić information content (AvgIpc) is 3.34. The highest BCUT2D eigenvalue weighted by atomic mass is 16.5. The van der Waals surface area contributed by atoms with E-state index in [9.17, 15) is 19.5 Å². The van der Waals surface area contributed by atoms with Crippen LogP contribution in [0.15, 0.2) is 55.6 Å². The quantitative estimate of drug-likeness (QED) is 0.224. The zero-order chi connectivity index (χ0) is 26.2. The second-order valence-corrected chi connectivity index (χ2v) is 9.34. The zero-order valence-corrected chi connectivity index (χ0v) is 21.1. The monoisotopic (exact) mass is 500 g/mol. The first-order valence-electron chi connectivity index (χ1n) is 12.6. The molecule has 3 N–H and O–H groups in total. The highest BCUT2D eigenvalue weighted by Crippen LogP contribution is 2.29. The Morgan fingerprint density at radius 3 is 2.44 bits per heavy atom. The maximum Gasteiger partial charge on any atom is 0.306 e. The number of carbonyl (C=O) groups excluding carboxylic acids is 3. The molecule has 1 aromatic carbocycles. The van der Waals surface area contributed by atoms with Crippen LogP contribution < -0.4 is 10.6 Å². The number of amides is 2. The van der Waals surface area contributed by atoms with Crippen LogP contribution in [-0.4, -0.2) is 54.3 Å². The summed E-state index contributed by atoms with van der Waals surface area (Å²) in [4.78, 5) is 37.8. The summed E-state index contributed by atoms with van der Waals surface area (Å²) in [5.41, 5.74) is 0.385. The van der Waals surface area contributed by atoms with E-state index in [4.69, 9.17) is 9.47 Å². The van der Waals surface area contributed by atoms with Crippen molar-refractivity contribution in [3.8, 4) is 0 Å². The average molecular weight is 501 g/mol. The fourth-order valence-electron chi connectivity index (χ4n) is 4.26. The van der Waals surface area contributed by atoms with Gasteiger partial charge in [-0.25, -0.2) is 0 Å². The zero-order valence-electron chi connectivity index (χ0n) is 21.1. The van der Waals surface area contributed by atoms with Crippen molar-refractivity contribution in [3.63, 3.8) is 0 Å². The molecule has 8 nitrogen and oxygen atoms in total. The number of allylic oxidation sites excluding steroid dienone is 2. The van der Waals surface area contributed by atoms with Crippen molar-refractivity contribution < 1.29 is 29.0 Å². The summed E-state index contributed by atoms with van der Waals surface area (Å²) in [6.07, 6.45) is 7.59. The van der Waals surface area contributed by atoms with E-state index in [1.165, 1.54) is 0 Å². The van der Waals surface area contributed by atoms with Crippen molar-refractivity contribution in [1.29, 1.82) is 0 Å². The number of ether oxygens (including phenoxy) is 2. The number of carbonyl (C=O) groups is 3. The Labute approximate surface area is 214 Å². The maximum atomic E-state index is 13.1. The Bertz CT molecular complexity index is 851. The fourth-order valence-corrected chi connectivity index (χ4v) is 4.26. The predicted octanol–water partition coefficient (Wildman–Crippen LogP) is 3.20. The van der Waals surface area contributed by atoms with Gasteiger partial charge in [0.2, 0.25) is 11.8 Å². The number of esters is 1. The van der Waals surface area contributed by atoms with Gasteiger partial charge in [-0.3, -0.25) is 14.4 Å². The molecule has 2 unspecified atom stereocenters. The third-order valence-corrected chi connectivity index (χ3v) is 6.30. The van der Waals surface area contributed by atoms with Gasteiger partial charge < -0.3 is 25.2 Å². The Morgan fingerprint density at radius 2 is 1.81 bits per heavy atom. The molecule has 1 fully saturated rings. The topological polar surface area (TPSA) is 114 Å². The lowest BCUT2D eigenvalue weighted by Crippen LogP contribution is -2.50. The minimum Gasteiger partial charge on any atom is -0.463 e. The van der Waals surface area contributed by atoms with E-state index in [0.717, 1.165) is 31.2 Å². The molecule has 1 aliphatic carbocycles. The van der Waals surface area contributed by atoms with E-state index in [2.05, 4.69) is 23.8 Å². The summed E-state index contributed by atoms with van der Waals surface area (Å²) in [5, 5.41) is 15.6. The van der Waals surface area contributed by atoms with Crippen LogP contribution in [0.1, 0.15) is 56.9 Å². The van der Waals surface area contributed by atoms with Crippen molar-refractivity contribution in [2.24, 2.45) is 5.92 Å². The van der Waals surface area contributed by atoms with E-state index in [-0.39, 0.29) is 50.4 Å². The number of hydrogen-bond donors (Lipinski definition) is 3. The van der Waals surface area contributed by atoms with Crippen LogP contribution in [0, 0.1) is 5.92 Å². The van der Waals surface area contributed by atoms with Gasteiger partial charge in [-0.2, -0.15) is 0 Å². The summed E-state index contributed by atoms with van der Waals surface area (Å²) < 4.78 is 11.1. The third kappa shape index (κ3) is 10.3. The fraction of sp³-hybridized carbons (Fsp3) is 0.536. The summed E-state index contributed by atoms with van der Waals surface area (Å²) in [6, 6.07) is 9.03. The molecule has 1 aliphatic rings. The van der Waals surface area contributed by atoms with Crippen molar-refractivity contribution in [1.82, 2.24) is 10.6 Å². The van der Waals surface area contributed by atoms with Crippen LogP contribution >= 0.6 is 0 Å². The van der Waals surface area contributed by atoms with Crippen molar-refractivity contribution >= 4 is 17.8 Å². The van der Waals surface area contributed by atoms with E-state index in [0.29, 0.717) is 19.4 Å². The Hall–Kier alpha value is -2.97. The van der Waals surface area contributed by atoms with Crippen LogP contribution in [0.2, 0.25) is 0 Å². The van der Waals surface area contributed by atoms with Crippen molar-refractivity contribution in [2.75, 3.05) is 19.8 Å². The molecule has 2 rings (SSSR count). The summed E-state index contributed by atoms with van der Waals surface area (Å²) in [7, 11) is 0. The molecule has 0 aromatic heterocycles. The van der Waals surface area contributed by atoms with Gasteiger partial charge in [0.1, 0.15) is 6.61 Å². The van der Waals surface area contributed by atoms with Gasteiger partial charge in [0.15, 0.2) is 0 Å². The molecule has 8 heteroatoms. The Morgan fingerprint density at radius 1 is 1.08 bits per heavy atom. The second-order valence-electron chi connectivity index (χ2n) is 9.34. The first-order chi connectivity index (χ1) is 17.4. The lowest BCUT2D eigenvalue weighted by Gasteiger charge is -2.29. The minimum absolute atomic E-state index is 0.0314. The van der Waals surface area contributed by atoms with E-state index in [1.807, 2.05) is 30.3 Å². The largest absolute Gasteiger partial charge is 0.463 e. The third-order valence-electron chi connectivity index (χ3n) is 6.30. The molecule has 2 atom stereocenters. The number of aliphatic hydroxyl groups is 1. The molecule has 1 aromatic rings. The van der Waals surface area contributed by atoms with Crippen molar-refractivity contribution in [3.05, 3.63) is 61.2 Å². The number of hydrogen-bond acceptors (Lipinski definition) is 6. The lowest BCUT2D eigenvalue weighted by atomic mass is 9.95. The Balaban J connectivity index is 1.97. The smallest absolute Gasteiger partial charge is 0.306 e. The lowest BCUT2D eigenvalue weighted by molar-refractivity contribution is -0.145. The number of nitrogens with one attached hydrogen (secondary N) is 2.